The Hall–Kier alpha value is -2.21. The highest BCUT2D eigenvalue weighted by Gasteiger charge is 2.15. The second-order valence-electron chi connectivity index (χ2n) is 4.53. The van der Waals surface area contributed by atoms with E-state index >= 15 is 0 Å². The number of rotatable bonds is 4. The van der Waals surface area contributed by atoms with E-state index in [0.29, 0.717) is 17.3 Å². The predicted molar refractivity (Wildman–Crippen MR) is 81.9 cm³/mol. The van der Waals surface area contributed by atoms with Crippen molar-refractivity contribution < 1.29 is 14.3 Å². The summed E-state index contributed by atoms with van der Waals surface area (Å²) >= 11 is 1.19. The summed E-state index contributed by atoms with van der Waals surface area (Å²) in [7, 11) is 0. The normalized spacial score (nSPS) is 10.2. The Morgan fingerprint density at radius 1 is 1.33 bits per heavy atom. The molecule has 0 bridgehead atoms. The average Bonchev–Trinajstić information content (AvgIpc) is 2.87. The predicted octanol–water partition coefficient (Wildman–Crippen LogP) is 3.19. The molecule has 1 heterocycles. The molecule has 0 aliphatic heterocycles. The molecular formula is C15H16N2O3S. The fraction of sp³-hybridized carbons (Fsp3) is 0.267. The zero-order valence-electron chi connectivity index (χ0n) is 12.1. The van der Waals surface area contributed by atoms with Crippen molar-refractivity contribution in [1.29, 1.82) is 0 Å². The maximum Gasteiger partial charge on any atom is 0.357 e. The molecule has 0 aliphatic carbocycles. The monoisotopic (exact) mass is 304 g/mol. The average molecular weight is 304 g/mol. The molecule has 0 atom stereocenters. The SMILES string of the molecule is CCOC(=O)c1csc(NC(=O)c2ccc(C)cc2C)n1. The van der Waals surface area contributed by atoms with E-state index in [2.05, 4.69) is 10.3 Å². The third-order valence-electron chi connectivity index (χ3n) is 2.84. The smallest absolute Gasteiger partial charge is 0.357 e. The van der Waals surface area contributed by atoms with E-state index in [0.717, 1.165) is 11.1 Å². The molecule has 2 aromatic rings. The van der Waals surface area contributed by atoms with Crippen molar-refractivity contribution in [2.45, 2.75) is 20.8 Å². The van der Waals surface area contributed by atoms with Crippen LogP contribution in [0.3, 0.4) is 0 Å². The lowest BCUT2D eigenvalue weighted by Gasteiger charge is -2.06. The van der Waals surface area contributed by atoms with E-state index in [4.69, 9.17) is 4.74 Å². The molecule has 5 nitrogen and oxygen atoms in total. The molecule has 0 unspecified atom stereocenters. The van der Waals surface area contributed by atoms with Crippen LogP contribution in [0.4, 0.5) is 5.13 Å². The van der Waals surface area contributed by atoms with Crippen LogP contribution in [0.25, 0.3) is 0 Å². The third-order valence-corrected chi connectivity index (χ3v) is 3.59. The van der Waals surface area contributed by atoms with Crippen molar-refractivity contribution in [3.63, 3.8) is 0 Å². The van der Waals surface area contributed by atoms with E-state index in [9.17, 15) is 9.59 Å². The number of nitrogens with zero attached hydrogens (tertiary/aromatic N) is 1. The lowest BCUT2D eigenvalue weighted by Crippen LogP contribution is -2.13. The van der Waals surface area contributed by atoms with Crippen molar-refractivity contribution in [3.05, 3.63) is 46.0 Å². The number of carbonyl (C=O) groups is 2. The Bertz CT molecular complexity index is 679. The zero-order chi connectivity index (χ0) is 15.4. The van der Waals surface area contributed by atoms with Gasteiger partial charge in [0.15, 0.2) is 10.8 Å². The quantitative estimate of drug-likeness (QED) is 0.881. The maximum atomic E-state index is 12.2. The van der Waals surface area contributed by atoms with Crippen molar-refractivity contribution >= 4 is 28.3 Å². The number of carbonyl (C=O) groups excluding carboxylic acids is 2. The molecular weight excluding hydrogens is 288 g/mol. The number of hydrogen-bond donors (Lipinski definition) is 1. The lowest BCUT2D eigenvalue weighted by molar-refractivity contribution is 0.0520. The van der Waals surface area contributed by atoms with Gasteiger partial charge < -0.3 is 4.74 Å². The summed E-state index contributed by atoms with van der Waals surface area (Å²) in [6.07, 6.45) is 0. The largest absolute Gasteiger partial charge is 0.461 e. The Morgan fingerprint density at radius 2 is 2.10 bits per heavy atom. The highest BCUT2D eigenvalue weighted by atomic mass is 32.1. The molecule has 0 fully saturated rings. The van der Waals surface area contributed by atoms with Gasteiger partial charge in [0.25, 0.3) is 5.91 Å². The molecule has 21 heavy (non-hydrogen) atoms. The van der Waals surface area contributed by atoms with Crippen LogP contribution < -0.4 is 5.32 Å². The first-order valence-corrected chi connectivity index (χ1v) is 7.40. The first-order chi connectivity index (χ1) is 10.0. The van der Waals surface area contributed by atoms with Crippen LogP contribution in [0, 0.1) is 13.8 Å². The van der Waals surface area contributed by atoms with Crippen LogP contribution in [0.2, 0.25) is 0 Å². The summed E-state index contributed by atoms with van der Waals surface area (Å²) < 4.78 is 4.86. The number of amides is 1. The highest BCUT2D eigenvalue weighted by molar-refractivity contribution is 7.14. The van der Waals surface area contributed by atoms with Crippen LogP contribution in [-0.4, -0.2) is 23.5 Å². The zero-order valence-corrected chi connectivity index (χ0v) is 12.9. The molecule has 0 spiro atoms. The van der Waals surface area contributed by atoms with Crippen LogP contribution >= 0.6 is 11.3 Å². The number of aromatic nitrogens is 1. The number of esters is 1. The highest BCUT2D eigenvalue weighted by Crippen LogP contribution is 2.18. The molecule has 1 amide bonds. The van der Waals surface area contributed by atoms with Crippen molar-refractivity contribution in [2.24, 2.45) is 0 Å². The topological polar surface area (TPSA) is 68.3 Å². The number of anilines is 1. The van der Waals surface area contributed by atoms with E-state index < -0.39 is 5.97 Å². The van der Waals surface area contributed by atoms with Gasteiger partial charge in [0.05, 0.1) is 6.61 Å². The fourth-order valence-corrected chi connectivity index (χ4v) is 2.54. The van der Waals surface area contributed by atoms with Gasteiger partial charge in [-0.2, -0.15) is 0 Å². The minimum atomic E-state index is -0.485. The maximum absolute atomic E-state index is 12.2. The summed E-state index contributed by atoms with van der Waals surface area (Å²) in [5, 5.41) is 4.64. The molecule has 1 aromatic heterocycles. The number of aryl methyl sites for hydroxylation is 2. The fourth-order valence-electron chi connectivity index (χ4n) is 1.86. The van der Waals surface area contributed by atoms with Gasteiger partial charge in [-0.25, -0.2) is 9.78 Å². The van der Waals surface area contributed by atoms with Gasteiger partial charge in [0.2, 0.25) is 0 Å². The first kappa shape index (κ1) is 15.2. The van der Waals surface area contributed by atoms with Crippen LogP contribution in [-0.2, 0) is 4.74 Å². The van der Waals surface area contributed by atoms with Gasteiger partial charge in [-0.15, -0.1) is 11.3 Å². The number of hydrogen-bond acceptors (Lipinski definition) is 5. The van der Waals surface area contributed by atoms with E-state index in [-0.39, 0.29) is 11.6 Å². The summed E-state index contributed by atoms with van der Waals surface area (Å²) in [6.45, 7) is 5.88. The molecule has 1 N–H and O–H groups in total. The minimum Gasteiger partial charge on any atom is -0.461 e. The Kier molecular flexibility index (Phi) is 4.70. The number of benzene rings is 1. The van der Waals surface area contributed by atoms with Gasteiger partial charge >= 0.3 is 5.97 Å². The number of ether oxygens (including phenoxy) is 1. The van der Waals surface area contributed by atoms with Gasteiger partial charge in [-0.3, -0.25) is 10.1 Å². The molecule has 0 radical (unpaired) electrons. The van der Waals surface area contributed by atoms with Gasteiger partial charge in [-0.05, 0) is 32.4 Å². The lowest BCUT2D eigenvalue weighted by atomic mass is 10.1. The Morgan fingerprint density at radius 3 is 2.76 bits per heavy atom. The van der Waals surface area contributed by atoms with E-state index in [1.54, 1.807) is 18.4 Å². The van der Waals surface area contributed by atoms with Crippen molar-refractivity contribution in [3.8, 4) is 0 Å². The molecule has 0 saturated heterocycles. The standard InChI is InChI=1S/C15H16N2O3S/c1-4-20-14(19)12-8-21-15(16-12)17-13(18)11-6-5-9(2)7-10(11)3/h5-8H,4H2,1-3H3,(H,16,17,18). The second-order valence-corrected chi connectivity index (χ2v) is 5.39. The minimum absolute atomic E-state index is 0.206. The van der Waals surface area contributed by atoms with Gasteiger partial charge in [0.1, 0.15) is 0 Å². The van der Waals surface area contributed by atoms with Gasteiger partial charge in [0, 0.05) is 10.9 Å². The second kappa shape index (κ2) is 6.49. The number of nitrogens with one attached hydrogen (secondary N) is 1. The van der Waals surface area contributed by atoms with E-state index in [1.165, 1.54) is 11.3 Å². The third kappa shape index (κ3) is 3.66. The first-order valence-electron chi connectivity index (χ1n) is 6.52. The van der Waals surface area contributed by atoms with Crippen LogP contribution in [0.15, 0.2) is 23.6 Å². The van der Waals surface area contributed by atoms with Gasteiger partial charge in [-0.1, -0.05) is 17.7 Å². The van der Waals surface area contributed by atoms with Crippen LogP contribution in [0.1, 0.15) is 38.9 Å². The summed E-state index contributed by atoms with van der Waals surface area (Å²) in [5.41, 5.74) is 2.80. The summed E-state index contributed by atoms with van der Waals surface area (Å²) in [6, 6.07) is 5.61. The van der Waals surface area contributed by atoms with E-state index in [1.807, 2.05) is 26.0 Å². The molecule has 2 rings (SSSR count). The molecule has 0 saturated carbocycles. The molecule has 6 heteroatoms. The molecule has 0 aliphatic rings. The van der Waals surface area contributed by atoms with Crippen molar-refractivity contribution in [2.75, 3.05) is 11.9 Å². The molecule has 1 aromatic carbocycles. The van der Waals surface area contributed by atoms with Crippen molar-refractivity contribution in [1.82, 2.24) is 4.98 Å². The summed E-state index contributed by atoms with van der Waals surface area (Å²) in [4.78, 5) is 27.8. The Labute approximate surface area is 127 Å². The molecule has 110 valence electrons. The Balaban J connectivity index is 2.11. The number of thiazole rings is 1. The summed E-state index contributed by atoms with van der Waals surface area (Å²) in [5.74, 6) is -0.724. The van der Waals surface area contributed by atoms with Crippen LogP contribution in [0.5, 0.6) is 0 Å².